The molecule has 0 aliphatic carbocycles. The van der Waals surface area contributed by atoms with Crippen LogP contribution in [0.4, 0.5) is 0 Å². The predicted octanol–water partition coefficient (Wildman–Crippen LogP) is -2.09. The average molecular weight is 478 g/mol. The van der Waals surface area contributed by atoms with Crippen LogP contribution in [-0.4, -0.2) is 82.1 Å². The van der Waals surface area contributed by atoms with Crippen molar-refractivity contribution in [2.75, 3.05) is 12.0 Å². The zero-order chi connectivity index (χ0) is 25.0. The third-order valence-corrected chi connectivity index (χ3v) is 5.04. The molecule has 0 radical (unpaired) electrons. The number of nitrogens with one attached hydrogen (secondary N) is 3. The van der Waals surface area contributed by atoms with Gasteiger partial charge in [-0.3, -0.25) is 19.2 Å². The second kappa shape index (κ2) is 14.6. The monoisotopic (exact) mass is 477 g/mol. The van der Waals surface area contributed by atoms with Crippen molar-refractivity contribution in [3.8, 4) is 0 Å². The van der Waals surface area contributed by atoms with Gasteiger partial charge in [-0.25, -0.2) is 4.79 Å². The van der Waals surface area contributed by atoms with Crippen LogP contribution in [-0.2, 0) is 24.0 Å². The molecule has 0 aromatic rings. The minimum absolute atomic E-state index is 0.0106. The molecule has 0 heterocycles. The van der Waals surface area contributed by atoms with Crippen LogP contribution in [0.1, 0.15) is 40.0 Å². The van der Waals surface area contributed by atoms with E-state index in [0.29, 0.717) is 12.2 Å². The first-order valence-electron chi connectivity index (χ1n) is 10.1. The number of carbonyl (C=O) groups is 5. The minimum atomic E-state index is -1.66. The van der Waals surface area contributed by atoms with Crippen molar-refractivity contribution in [3.63, 3.8) is 0 Å². The number of carboxylic acid groups (broad SMARTS) is 1. The van der Waals surface area contributed by atoms with Crippen molar-refractivity contribution in [2.45, 2.75) is 70.3 Å². The number of aliphatic hydroxyl groups is 1. The largest absolute Gasteiger partial charge is 0.480 e. The second-order valence-electron chi connectivity index (χ2n) is 7.88. The third kappa shape index (κ3) is 11.3. The molecule has 0 fully saturated rings. The molecule has 0 aromatic carbocycles. The van der Waals surface area contributed by atoms with E-state index in [2.05, 4.69) is 16.0 Å². The van der Waals surface area contributed by atoms with E-state index in [4.69, 9.17) is 16.6 Å². The quantitative estimate of drug-likeness (QED) is 0.137. The number of rotatable bonds is 15. The lowest BCUT2D eigenvalue weighted by atomic mass is 10.0. The molecular weight excluding hydrogens is 442 g/mol. The summed E-state index contributed by atoms with van der Waals surface area (Å²) in [6.07, 6.45) is 0.460. The maximum atomic E-state index is 12.8. The number of hydrogen-bond acceptors (Lipinski definition) is 8. The van der Waals surface area contributed by atoms with Gasteiger partial charge in [0.1, 0.15) is 12.1 Å². The molecule has 0 bridgehead atoms. The predicted molar refractivity (Wildman–Crippen MR) is 119 cm³/mol. The Kier molecular flexibility index (Phi) is 13.5. The van der Waals surface area contributed by atoms with Gasteiger partial charge in [0.2, 0.25) is 23.6 Å². The van der Waals surface area contributed by atoms with Gasteiger partial charge < -0.3 is 37.6 Å². The highest BCUT2D eigenvalue weighted by atomic mass is 32.2. The lowest BCUT2D eigenvalue weighted by Crippen LogP contribution is -2.59. The smallest absolute Gasteiger partial charge is 0.328 e. The summed E-state index contributed by atoms with van der Waals surface area (Å²) < 4.78 is 0. The summed E-state index contributed by atoms with van der Waals surface area (Å²) in [6, 6.07) is -5.03. The molecule has 13 heteroatoms. The molecule has 0 aromatic heterocycles. The molecule has 0 saturated heterocycles. The minimum Gasteiger partial charge on any atom is -0.480 e. The van der Waals surface area contributed by atoms with E-state index in [0.717, 1.165) is 6.92 Å². The zero-order valence-electron chi connectivity index (χ0n) is 18.8. The summed E-state index contributed by atoms with van der Waals surface area (Å²) in [5, 5.41) is 25.6. The van der Waals surface area contributed by atoms with Gasteiger partial charge in [-0.2, -0.15) is 11.8 Å². The van der Waals surface area contributed by atoms with Crippen LogP contribution < -0.4 is 27.4 Å². The highest BCUT2D eigenvalue weighted by Gasteiger charge is 2.32. The van der Waals surface area contributed by atoms with E-state index in [9.17, 15) is 29.1 Å². The van der Waals surface area contributed by atoms with Gasteiger partial charge in [0.25, 0.3) is 0 Å². The van der Waals surface area contributed by atoms with Gasteiger partial charge in [0.15, 0.2) is 6.04 Å². The molecule has 9 N–H and O–H groups in total. The first-order chi connectivity index (χ1) is 14.8. The fourth-order valence-corrected chi connectivity index (χ4v) is 3.17. The zero-order valence-corrected chi connectivity index (χ0v) is 19.6. The fourth-order valence-electron chi connectivity index (χ4n) is 2.68. The SMILES string of the molecule is CSCCC(N)C(=O)NC(CC(C)C)C(=O)NC(CC(N)=O)C(=O)NC(C(=O)O)C(C)O. The van der Waals surface area contributed by atoms with Gasteiger partial charge in [-0.1, -0.05) is 13.8 Å². The van der Waals surface area contributed by atoms with E-state index in [1.807, 2.05) is 20.1 Å². The van der Waals surface area contributed by atoms with Gasteiger partial charge in [0, 0.05) is 0 Å². The van der Waals surface area contributed by atoms with Crippen molar-refractivity contribution < 1.29 is 34.2 Å². The topological polar surface area (TPSA) is 214 Å². The highest BCUT2D eigenvalue weighted by Crippen LogP contribution is 2.08. The lowest BCUT2D eigenvalue weighted by molar-refractivity contribution is -0.145. The first kappa shape index (κ1) is 29.6. The number of thioether (sulfide) groups is 1. The Morgan fingerprint density at radius 3 is 1.91 bits per heavy atom. The van der Waals surface area contributed by atoms with Crippen LogP contribution in [0.15, 0.2) is 0 Å². The Hall–Kier alpha value is -2.38. The summed E-state index contributed by atoms with van der Waals surface area (Å²) in [4.78, 5) is 60.3. The van der Waals surface area contributed by atoms with Gasteiger partial charge in [-0.05, 0) is 37.7 Å². The van der Waals surface area contributed by atoms with Crippen LogP contribution >= 0.6 is 11.8 Å². The van der Waals surface area contributed by atoms with Crippen molar-refractivity contribution in [3.05, 3.63) is 0 Å². The van der Waals surface area contributed by atoms with E-state index in [1.165, 1.54) is 11.8 Å². The third-order valence-electron chi connectivity index (χ3n) is 4.39. The molecule has 5 atom stereocenters. The summed E-state index contributed by atoms with van der Waals surface area (Å²) in [5.41, 5.74) is 11.0. The van der Waals surface area contributed by atoms with Crippen LogP contribution in [0, 0.1) is 5.92 Å². The van der Waals surface area contributed by atoms with Crippen LogP contribution in [0.3, 0.4) is 0 Å². The number of carbonyl (C=O) groups excluding carboxylic acids is 4. The molecule has 0 rings (SSSR count). The Morgan fingerprint density at radius 2 is 1.47 bits per heavy atom. The van der Waals surface area contributed by atoms with Crippen molar-refractivity contribution in [1.29, 1.82) is 0 Å². The van der Waals surface area contributed by atoms with E-state index < -0.39 is 66.3 Å². The number of aliphatic carboxylic acids is 1. The number of carboxylic acids is 1. The van der Waals surface area contributed by atoms with Gasteiger partial charge >= 0.3 is 5.97 Å². The lowest BCUT2D eigenvalue weighted by Gasteiger charge is -2.26. The Labute approximate surface area is 191 Å². The number of nitrogens with two attached hydrogens (primary N) is 2. The summed E-state index contributed by atoms with van der Waals surface area (Å²) in [6.45, 7) is 4.82. The Morgan fingerprint density at radius 1 is 0.938 bits per heavy atom. The maximum Gasteiger partial charge on any atom is 0.328 e. The van der Waals surface area contributed by atoms with Crippen molar-refractivity contribution >= 4 is 41.4 Å². The molecule has 184 valence electrons. The van der Waals surface area contributed by atoms with Crippen molar-refractivity contribution in [1.82, 2.24) is 16.0 Å². The molecule has 0 aliphatic rings. The maximum absolute atomic E-state index is 12.8. The molecule has 0 aliphatic heterocycles. The molecular formula is C19H35N5O7S. The molecule has 0 saturated carbocycles. The van der Waals surface area contributed by atoms with Gasteiger partial charge in [0.05, 0.1) is 18.6 Å². The molecule has 4 amide bonds. The summed E-state index contributed by atoms with van der Waals surface area (Å²) in [7, 11) is 0. The van der Waals surface area contributed by atoms with E-state index >= 15 is 0 Å². The van der Waals surface area contributed by atoms with E-state index in [-0.39, 0.29) is 12.3 Å². The number of amides is 4. The average Bonchev–Trinajstić information content (AvgIpc) is 2.67. The Bertz CT molecular complexity index is 674. The van der Waals surface area contributed by atoms with E-state index in [1.54, 1.807) is 0 Å². The summed E-state index contributed by atoms with van der Waals surface area (Å²) >= 11 is 1.52. The highest BCUT2D eigenvalue weighted by molar-refractivity contribution is 7.98. The molecule has 32 heavy (non-hydrogen) atoms. The molecule has 0 spiro atoms. The Balaban J connectivity index is 5.47. The van der Waals surface area contributed by atoms with Crippen LogP contribution in [0.2, 0.25) is 0 Å². The van der Waals surface area contributed by atoms with Crippen LogP contribution in [0.25, 0.3) is 0 Å². The number of aliphatic hydroxyl groups excluding tert-OH is 1. The first-order valence-corrected chi connectivity index (χ1v) is 11.5. The standard InChI is InChI=1S/C19H35N5O7S/c1-9(2)7-12(22-16(27)11(20)5-6-32-4)17(28)23-13(8-14(21)26)18(29)24-15(10(3)25)19(30)31/h9-13,15,25H,5-8,20H2,1-4H3,(H2,21,26)(H,22,27)(H,23,28)(H,24,29)(H,30,31). The summed E-state index contributed by atoms with van der Waals surface area (Å²) in [5.74, 6) is -4.07. The van der Waals surface area contributed by atoms with Gasteiger partial charge in [-0.15, -0.1) is 0 Å². The molecule has 5 unspecified atom stereocenters. The molecule has 12 nitrogen and oxygen atoms in total. The fraction of sp³-hybridized carbons (Fsp3) is 0.737. The number of hydrogen-bond donors (Lipinski definition) is 7. The number of primary amides is 1. The second-order valence-corrected chi connectivity index (χ2v) is 8.86. The van der Waals surface area contributed by atoms with Crippen LogP contribution in [0.5, 0.6) is 0 Å². The van der Waals surface area contributed by atoms with Crippen molar-refractivity contribution in [2.24, 2.45) is 17.4 Å². The normalized spacial score (nSPS) is 15.7.